The lowest BCUT2D eigenvalue weighted by atomic mass is 10.4. The number of hydrogen-bond donors (Lipinski definition) is 1. The van der Waals surface area contributed by atoms with E-state index in [0.29, 0.717) is 32.4 Å². The zero-order valence-electron chi connectivity index (χ0n) is 12.2. The van der Waals surface area contributed by atoms with Crippen LogP contribution in [-0.4, -0.2) is 41.1 Å². The molecule has 0 bridgehead atoms. The number of hydrogen-bond acceptors (Lipinski definition) is 4. The molecule has 5 nitrogen and oxygen atoms in total. The fourth-order valence-corrected chi connectivity index (χ4v) is 4.27. The molecule has 0 saturated carbocycles. The van der Waals surface area contributed by atoms with Gasteiger partial charge < -0.3 is 18.6 Å². The van der Waals surface area contributed by atoms with Gasteiger partial charge in [0.2, 0.25) is 0 Å². The van der Waals surface area contributed by atoms with Crippen LogP contribution >= 0.6 is 0 Å². The number of carbonyl (C=O) groups excluding carboxylic acids is 1. The summed E-state index contributed by atoms with van der Waals surface area (Å²) in [6.45, 7) is 11.4. The lowest BCUT2D eigenvalue weighted by Gasteiger charge is -2.28. The number of carbonyl (C=O) groups is 1. The molecule has 0 aromatic heterocycles. The summed E-state index contributed by atoms with van der Waals surface area (Å²) >= 11 is 0. The smallest absolute Gasteiger partial charge is 0.374 e. The number of nitrogens with one attached hydrogen (secondary N) is 1. The van der Waals surface area contributed by atoms with Crippen molar-refractivity contribution in [2.75, 3.05) is 26.4 Å². The second-order valence-corrected chi connectivity index (χ2v) is 6.46. The molecule has 0 fully saturated rings. The van der Waals surface area contributed by atoms with Crippen molar-refractivity contribution in [3.05, 3.63) is 18.4 Å². The minimum Gasteiger partial charge on any atom is -0.374 e. The summed E-state index contributed by atoms with van der Waals surface area (Å²) in [5, 5.41) is 2.74. The highest BCUT2D eigenvalue weighted by molar-refractivity contribution is 6.60. The summed E-state index contributed by atoms with van der Waals surface area (Å²) in [5.41, 5.74) is 2.43. The Morgan fingerprint density at radius 2 is 1.74 bits per heavy atom. The molecule has 0 aliphatic rings. The molecule has 110 valence electrons. The maximum absolute atomic E-state index is 11.2. The summed E-state index contributed by atoms with van der Waals surface area (Å²) in [6, 6.07) is 0.695. The maximum Gasteiger partial charge on any atom is 0.500 e. The van der Waals surface area contributed by atoms with Crippen molar-refractivity contribution in [3.63, 3.8) is 0 Å². The van der Waals surface area contributed by atoms with Gasteiger partial charge in [0, 0.05) is 38.5 Å². The largest absolute Gasteiger partial charge is 0.500 e. The third-order valence-corrected chi connectivity index (χ3v) is 5.44. The van der Waals surface area contributed by atoms with Crippen LogP contribution < -0.4 is 5.32 Å². The third kappa shape index (κ3) is 7.97. The topological polar surface area (TPSA) is 56.8 Å². The first-order valence-electron chi connectivity index (χ1n) is 6.69. The zero-order chi connectivity index (χ0) is 14.6. The summed E-state index contributed by atoms with van der Waals surface area (Å²) in [6.07, 6.45) is 2.03. The monoisotopic (exact) mass is 287 g/mol. The fraction of sp³-hybridized carbons (Fsp3) is 0.692. The van der Waals surface area contributed by atoms with Crippen LogP contribution in [0.4, 0.5) is 0 Å². The van der Waals surface area contributed by atoms with Crippen LogP contribution in [0.5, 0.6) is 0 Å². The maximum atomic E-state index is 11.2. The van der Waals surface area contributed by atoms with Gasteiger partial charge in [-0.2, -0.15) is 0 Å². The first kappa shape index (κ1) is 18.1. The normalized spacial score (nSPS) is 10.9. The van der Waals surface area contributed by atoms with Gasteiger partial charge >= 0.3 is 8.80 Å². The Morgan fingerprint density at radius 3 is 2.16 bits per heavy atom. The van der Waals surface area contributed by atoms with Gasteiger partial charge in [-0.05, 0) is 27.2 Å². The van der Waals surface area contributed by atoms with Gasteiger partial charge in [0.15, 0.2) is 0 Å². The molecule has 0 aliphatic carbocycles. The van der Waals surface area contributed by atoms with Crippen molar-refractivity contribution < 1.29 is 18.1 Å². The molecule has 6 heteroatoms. The Hall–Kier alpha value is -0.913. The van der Waals surface area contributed by atoms with Crippen LogP contribution in [0.2, 0.25) is 6.04 Å². The Labute approximate surface area is 117 Å². The van der Waals surface area contributed by atoms with Crippen LogP contribution in [0.25, 0.3) is 0 Å². The van der Waals surface area contributed by atoms with Gasteiger partial charge in [-0.1, -0.05) is 6.58 Å². The summed E-state index contributed by atoms with van der Waals surface area (Å²) in [4.78, 5) is 11.2. The van der Waals surface area contributed by atoms with Crippen molar-refractivity contribution >= 4 is 14.7 Å². The second kappa shape index (κ2) is 11.0. The lowest BCUT2D eigenvalue weighted by Crippen LogP contribution is -2.46. The molecule has 0 rings (SSSR count). The molecule has 1 N–H and O–H groups in total. The van der Waals surface area contributed by atoms with E-state index in [1.165, 1.54) is 6.08 Å². The van der Waals surface area contributed by atoms with Gasteiger partial charge in [0.25, 0.3) is 5.91 Å². The van der Waals surface area contributed by atoms with E-state index in [-0.39, 0.29) is 5.91 Å². The molecule has 0 unspecified atom stereocenters. The van der Waals surface area contributed by atoms with Gasteiger partial charge in [-0.3, -0.25) is 4.79 Å². The van der Waals surface area contributed by atoms with Crippen molar-refractivity contribution in [1.29, 1.82) is 0 Å². The molecule has 19 heavy (non-hydrogen) atoms. The molecule has 0 atom stereocenters. The highest BCUT2D eigenvalue weighted by Crippen LogP contribution is 2.17. The van der Waals surface area contributed by atoms with Crippen LogP contribution in [0.15, 0.2) is 18.4 Å². The predicted octanol–water partition coefficient (Wildman–Crippen LogP) is 1.88. The number of amides is 1. The fourth-order valence-electron chi connectivity index (χ4n) is 1.66. The first-order chi connectivity index (χ1) is 9.14. The van der Waals surface area contributed by atoms with Gasteiger partial charge in [-0.25, -0.2) is 0 Å². The van der Waals surface area contributed by atoms with E-state index in [4.69, 9.17) is 13.3 Å². The van der Waals surface area contributed by atoms with Crippen LogP contribution in [-0.2, 0) is 18.1 Å². The van der Waals surface area contributed by atoms with E-state index in [1.54, 1.807) is 0 Å². The summed E-state index contributed by atoms with van der Waals surface area (Å²) in [5.74, 6) is -0.188. The van der Waals surface area contributed by atoms with Gasteiger partial charge in [0.05, 0.1) is 0 Å². The van der Waals surface area contributed by atoms with E-state index >= 15 is 0 Å². The van der Waals surface area contributed by atoms with E-state index in [1.807, 2.05) is 20.8 Å². The minimum atomic E-state index is -2.58. The molecule has 0 spiro atoms. The summed E-state index contributed by atoms with van der Waals surface area (Å²) in [7, 11) is -2.58. The van der Waals surface area contributed by atoms with Crippen LogP contribution in [0.3, 0.4) is 0 Å². The van der Waals surface area contributed by atoms with Gasteiger partial charge in [0.1, 0.15) is 0 Å². The quantitative estimate of drug-likeness (QED) is 0.273. The van der Waals surface area contributed by atoms with Crippen LogP contribution in [0, 0.1) is 0 Å². The molecule has 0 radical (unpaired) electrons. The van der Waals surface area contributed by atoms with E-state index in [0.717, 1.165) is 6.42 Å². The van der Waals surface area contributed by atoms with E-state index < -0.39 is 8.80 Å². The van der Waals surface area contributed by atoms with Crippen molar-refractivity contribution in [2.24, 2.45) is 0 Å². The minimum absolute atomic E-state index is 0.188. The Kier molecular flexibility index (Phi) is 10.4. The molecule has 1 amide bonds. The van der Waals surface area contributed by atoms with Crippen molar-refractivity contribution in [1.82, 2.24) is 5.32 Å². The molecule has 0 saturated heterocycles. The second-order valence-electron chi connectivity index (χ2n) is 3.73. The van der Waals surface area contributed by atoms with Crippen molar-refractivity contribution in [2.45, 2.75) is 33.2 Å². The molecule has 0 aromatic rings. The van der Waals surface area contributed by atoms with Crippen LogP contribution in [0.1, 0.15) is 27.2 Å². The average molecular weight is 287 g/mol. The third-order valence-electron chi connectivity index (χ3n) is 2.28. The first-order valence-corrected chi connectivity index (χ1v) is 8.62. The molecule has 0 aliphatic heterocycles. The van der Waals surface area contributed by atoms with E-state index in [2.05, 4.69) is 17.6 Å². The summed E-state index contributed by atoms with van der Waals surface area (Å²) < 4.78 is 17.1. The molecule has 0 heterocycles. The van der Waals surface area contributed by atoms with E-state index in [9.17, 15) is 4.79 Å². The Morgan fingerprint density at radius 1 is 1.21 bits per heavy atom. The Bertz CT molecular complexity index is 286. The molecular formula is C13H25NO4Si. The highest BCUT2D eigenvalue weighted by Gasteiger charge is 2.39. The standard InChI is InChI=1S/C13H25NO4Si/c1-5-10-13(15)14-11-9-12-19(16-6-2,17-7-3)18-8-4/h10H,1,6-9,11-12H2,2-4H3,(H,14,15). The van der Waals surface area contributed by atoms with Gasteiger partial charge in [-0.15, -0.1) is 5.73 Å². The van der Waals surface area contributed by atoms with Crippen molar-refractivity contribution in [3.8, 4) is 0 Å². The zero-order valence-corrected chi connectivity index (χ0v) is 13.2. The molecule has 0 aromatic carbocycles. The SMILES string of the molecule is C=C=CC(=O)NCCC[Si](OCC)(OCC)OCC. The molecular weight excluding hydrogens is 262 g/mol. The number of rotatable bonds is 11. The lowest BCUT2D eigenvalue weighted by molar-refractivity contribution is -0.116. The Balaban J connectivity index is 4.23. The average Bonchev–Trinajstić information content (AvgIpc) is 2.36. The predicted molar refractivity (Wildman–Crippen MR) is 76.8 cm³/mol. The highest BCUT2D eigenvalue weighted by atomic mass is 28.4.